The van der Waals surface area contributed by atoms with Crippen molar-refractivity contribution in [3.05, 3.63) is 29.8 Å². The molecule has 1 aromatic carbocycles. The first-order valence-electron chi connectivity index (χ1n) is 9.43. The summed E-state index contributed by atoms with van der Waals surface area (Å²) in [6.45, 7) is 2.96. The number of nitrogens with one attached hydrogen (secondary N) is 1. The van der Waals surface area contributed by atoms with Crippen molar-refractivity contribution in [2.45, 2.75) is 56.1 Å². The van der Waals surface area contributed by atoms with Gasteiger partial charge in [0.25, 0.3) is 5.91 Å². The fraction of sp³-hybridized carbons (Fsp3) is 0.632. The van der Waals surface area contributed by atoms with Crippen molar-refractivity contribution in [3.8, 4) is 0 Å². The number of carbonyl (C=O) groups is 1. The number of carbonyl (C=O) groups excluding carboxylic acids is 1. The molecule has 3 rings (SSSR count). The number of unbranched alkanes of at least 4 members (excludes halogenated alkanes) is 1. The Morgan fingerprint density at radius 3 is 2.50 bits per heavy atom. The Balaban J connectivity index is 1.78. The molecular weight excluding hydrogens is 352 g/mol. The number of morpholine rings is 1. The van der Waals surface area contributed by atoms with E-state index in [1.165, 1.54) is 12.1 Å². The summed E-state index contributed by atoms with van der Waals surface area (Å²) in [4.78, 5) is 11.9. The maximum Gasteiger partial charge on any atom is 0.251 e. The number of ether oxygens (including phenoxy) is 1. The molecule has 1 amide bonds. The van der Waals surface area contributed by atoms with E-state index in [1.54, 1.807) is 23.5 Å². The maximum atomic E-state index is 13.1. The van der Waals surface area contributed by atoms with Crippen molar-refractivity contribution in [2.75, 3.05) is 20.1 Å². The van der Waals surface area contributed by atoms with Crippen LogP contribution in [0.1, 0.15) is 49.4 Å². The molecule has 144 valence electrons. The summed E-state index contributed by atoms with van der Waals surface area (Å²) >= 11 is 0. The zero-order chi connectivity index (χ0) is 18.7. The Morgan fingerprint density at radius 2 is 1.92 bits per heavy atom. The van der Waals surface area contributed by atoms with E-state index in [0.717, 1.165) is 32.1 Å². The lowest BCUT2D eigenvalue weighted by molar-refractivity contribution is -0.0761. The second-order valence-corrected chi connectivity index (χ2v) is 9.14. The average Bonchev–Trinajstić information content (AvgIpc) is 3.51. The van der Waals surface area contributed by atoms with E-state index in [9.17, 15) is 13.2 Å². The van der Waals surface area contributed by atoms with E-state index >= 15 is 0 Å². The normalized spacial score (nSPS) is 24.4. The van der Waals surface area contributed by atoms with Gasteiger partial charge >= 0.3 is 0 Å². The molecule has 1 saturated carbocycles. The van der Waals surface area contributed by atoms with E-state index in [0.29, 0.717) is 24.6 Å². The van der Waals surface area contributed by atoms with E-state index in [2.05, 4.69) is 12.2 Å². The highest BCUT2D eigenvalue weighted by Crippen LogP contribution is 2.38. The molecule has 2 aliphatic rings. The maximum absolute atomic E-state index is 13.1. The first kappa shape index (κ1) is 19.3. The van der Waals surface area contributed by atoms with Gasteiger partial charge in [-0.25, -0.2) is 8.42 Å². The minimum Gasteiger partial charge on any atom is -0.372 e. The topological polar surface area (TPSA) is 75.7 Å². The van der Waals surface area contributed by atoms with Gasteiger partial charge in [0.2, 0.25) is 10.0 Å². The Morgan fingerprint density at radius 1 is 1.23 bits per heavy atom. The fourth-order valence-corrected chi connectivity index (χ4v) is 4.91. The lowest BCUT2D eigenvalue weighted by atomic mass is 10.1. The Hall–Kier alpha value is -1.44. The molecule has 0 spiro atoms. The van der Waals surface area contributed by atoms with Gasteiger partial charge < -0.3 is 10.1 Å². The SMILES string of the molecule is CCCC[C@@H]1CN(S(=O)(=O)c2ccc(C(=O)NC)cc2)C[C@H](C2CC2)O1. The molecule has 0 unspecified atom stereocenters. The van der Waals surface area contributed by atoms with Gasteiger partial charge in [-0.1, -0.05) is 19.8 Å². The molecule has 6 nitrogen and oxygen atoms in total. The zero-order valence-corrected chi connectivity index (χ0v) is 16.3. The zero-order valence-electron chi connectivity index (χ0n) is 15.5. The Kier molecular flexibility index (Phi) is 5.99. The molecule has 1 heterocycles. The lowest BCUT2D eigenvalue weighted by Gasteiger charge is -2.37. The second-order valence-electron chi connectivity index (χ2n) is 7.20. The summed E-state index contributed by atoms with van der Waals surface area (Å²) in [5, 5.41) is 2.54. The van der Waals surface area contributed by atoms with E-state index in [-0.39, 0.29) is 23.0 Å². The van der Waals surface area contributed by atoms with Crippen LogP contribution in [0.5, 0.6) is 0 Å². The molecule has 0 radical (unpaired) electrons. The van der Waals surface area contributed by atoms with Crippen LogP contribution >= 0.6 is 0 Å². The molecule has 1 N–H and O–H groups in total. The number of benzene rings is 1. The third-order valence-corrected chi connectivity index (χ3v) is 7.01. The molecule has 0 aromatic heterocycles. The standard InChI is InChI=1S/C19H28N2O4S/c1-3-4-5-16-12-21(13-18(25-16)14-6-7-14)26(23,24)17-10-8-15(9-11-17)19(22)20-2/h8-11,14,16,18H,3-7,12-13H2,1-2H3,(H,20,22)/t16-,18-/m1/s1. The average molecular weight is 381 g/mol. The van der Waals surface area contributed by atoms with Crippen molar-refractivity contribution in [1.29, 1.82) is 0 Å². The summed E-state index contributed by atoms with van der Waals surface area (Å²) in [6.07, 6.45) is 5.22. The molecule has 1 aliphatic heterocycles. The molecule has 2 atom stereocenters. The van der Waals surface area contributed by atoms with Gasteiger partial charge in [0.1, 0.15) is 0 Å². The highest BCUT2D eigenvalue weighted by molar-refractivity contribution is 7.89. The van der Waals surface area contributed by atoms with Crippen LogP contribution in [0.15, 0.2) is 29.2 Å². The number of amides is 1. The van der Waals surface area contributed by atoms with Crippen molar-refractivity contribution < 1.29 is 17.9 Å². The first-order valence-corrected chi connectivity index (χ1v) is 10.9. The van der Waals surface area contributed by atoms with Gasteiger partial charge in [-0.2, -0.15) is 4.31 Å². The highest BCUT2D eigenvalue weighted by atomic mass is 32.2. The predicted molar refractivity (Wildman–Crippen MR) is 99.5 cm³/mol. The van der Waals surface area contributed by atoms with Crippen LogP contribution < -0.4 is 5.32 Å². The molecule has 2 fully saturated rings. The predicted octanol–water partition coefficient (Wildman–Crippen LogP) is 2.40. The Bertz CT molecular complexity index is 728. The minimum atomic E-state index is -3.59. The van der Waals surface area contributed by atoms with Crippen LogP contribution in [0.4, 0.5) is 0 Å². The molecule has 26 heavy (non-hydrogen) atoms. The van der Waals surface area contributed by atoms with Crippen LogP contribution in [0, 0.1) is 5.92 Å². The summed E-state index contributed by atoms with van der Waals surface area (Å²) in [5.41, 5.74) is 0.449. The lowest BCUT2D eigenvalue weighted by Crippen LogP contribution is -2.50. The van der Waals surface area contributed by atoms with E-state index < -0.39 is 10.0 Å². The van der Waals surface area contributed by atoms with Crippen LogP contribution in [0.25, 0.3) is 0 Å². The molecule has 1 aromatic rings. The number of sulfonamides is 1. The monoisotopic (exact) mass is 380 g/mol. The van der Waals surface area contributed by atoms with Gasteiger partial charge in [-0.05, 0) is 49.4 Å². The molecule has 1 saturated heterocycles. The van der Waals surface area contributed by atoms with Gasteiger partial charge in [-0.3, -0.25) is 4.79 Å². The quantitative estimate of drug-likeness (QED) is 0.788. The van der Waals surface area contributed by atoms with Crippen LogP contribution in [-0.2, 0) is 14.8 Å². The van der Waals surface area contributed by atoms with Crippen molar-refractivity contribution in [3.63, 3.8) is 0 Å². The fourth-order valence-electron chi connectivity index (χ4n) is 3.42. The highest BCUT2D eigenvalue weighted by Gasteiger charge is 2.41. The Labute approximate surface area is 156 Å². The van der Waals surface area contributed by atoms with Gasteiger partial charge in [0, 0.05) is 25.7 Å². The first-order chi connectivity index (χ1) is 12.5. The number of hydrogen-bond donors (Lipinski definition) is 1. The summed E-state index contributed by atoms with van der Waals surface area (Å²) in [7, 11) is -2.04. The third-order valence-electron chi connectivity index (χ3n) is 5.17. The van der Waals surface area contributed by atoms with Gasteiger partial charge in [-0.15, -0.1) is 0 Å². The molecular formula is C19H28N2O4S. The van der Waals surface area contributed by atoms with Crippen LogP contribution in [0.2, 0.25) is 0 Å². The second kappa shape index (κ2) is 8.06. The van der Waals surface area contributed by atoms with Crippen molar-refractivity contribution >= 4 is 15.9 Å². The molecule has 0 bridgehead atoms. The summed E-state index contributed by atoms with van der Waals surface area (Å²) in [6, 6.07) is 6.14. The third kappa shape index (κ3) is 4.27. The summed E-state index contributed by atoms with van der Waals surface area (Å²) in [5.74, 6) is 0.265. The van der Waals surface area contributed by atoms with Gasteiger partial charge in [0.05, 0.1) is 17.1 Å². The van der Waals surface area contributed by atoms with Crippen molar-refractivity contribution in [1.82, 2.24) is 9.62 Å². The number of hydrogen-bond acceptors (Lipinski definition) is 4. The van der Waals surface area contributed by atoms with Gasteiger partial charge in [0.15, 0.2) is 0 Å². The molecule has 1 aliphatic carbocycles. The minimum absolute atomic E-state index is 0.00511. The van der Waals surface area contributed by atoms with E-state index in [4.69, 9.17) is 4.74 Å². The van der Waals surface area contributed by atoms with Crippen LogP contribution in [-0.4, -0.2) is 51.0 Å². The largest absolute Gasteiger partial charge is 0.372 e. The summed E-state index contributed by atoms with van der Waals surface area (Å²) < 4.78 is 34.0. The smallest absolute Gasteiger partial charge is 0.251 e. The number of rotatable bonds is 7. The van der Waals surface area contributed by atoms with E-state index in [1.807, 2.05) is 0 Å². The molecule has 7 heteroatoms. The number of nitrogens with zero attached hydrogens (tertiary/aromatic N) is 1. The van der Waals surface area contributed by atoms with Crippen LogP contribution in [0.3, 0.4) is 0 Å². The van der Waals surface area contributed by atoms with Crippen molar-refractivity contribution in [2.24, 2.45) is 5.92 Å².